The molecule has 0 aromatic heterocycles. The number of carbonyl (C=O) groups is 1. The Morgan fingerprint density at radius 1 is 1.50 bits per heavy atom. The fraction of sp³-hybridized carbons (Fsp3) is 0.500. The van der Waals surface area contributed by atoms with Gasteiger partial charge in [-0.3, -0.25) is 4.79 Å². The van der Waals surface area contributed by atoms with Crippen molar-refractivity contribution in [1.29, 1.82) is 0 Å². The number of halogens is 1. The highest BCUT2D eigenvalue weighted by atomic mass is 19.1. The number of rotatable bonds is 2. The van der Waals surface area contributed by atoms with Crippen LogP contribution in [-0.4, -0.2) is 12.5 Å². The lowest BCUT2D eigenvalue weighted by Gasteiger charge is -2.09. The zero-order valence-corrected chi connectivity index (χ0v) is 8.55. The molecule has 0 saturated heterocycles. The molecule has 1 aliphatic rings. The first-order valence-corrected chi connectivity index (χ1v) is 4.68. The topological polar surface area (TPSA) is 52.3 Å². The second-order valence-electron chi connectivity index (χ2n) is 2.42. The largest absolute Gasteiger partial charge is 0.430 e. The van der Waals surface area contributed by atoms with Crippen LogP contribution in [0.5, 0.6) is 0 Å². The minimum absolute atomic E-state index is 0.149. The first-order valence-electron chi connectivity index (χ1n) is 4.68. The quantitative estimate of drug-likeness (QED) is 0.695. The second kappa shape index (κ2) is 7.26. The molecule has 0 spiro atoms. The van der Waals surface area contributed by atoms with E-state index in [1.165, 1.54) is 12.2 Å². The van der Waals surface area contributed by atoms with Crippen molar-refractivity contribution in [2.45, 2.75) is 26.7 Å². The smallest absolute Gasteiger partial charge is 0.324 e. The summed E-state index contributed by atoms with van der Waals surface area (Å²) in [7, 11) is 0. The Morgan fingerprint density at radius 2 is 2.14 bits per heavy atom. The molecule has 0 aromatic carbocycles. The number of carbonyl (C=O) groups excluding carboxylic acids is 1. The number of esters is 1. The lowest BCUT2D eigenvalue weighted by molar-refractivity contribution is -0.138. The minimum atomic E-state index is -0.489. The van der Waals surface area contributed by atoms with Crippen LogP contribution in [0.3, 0.4) is 0 Å². The molecule has 0 heterocycles. The van der Waals surface area contributed by atoms with Gasteiger partial charge >= 0.3 is 5.97 Å². The molecule has 0 aliphatic heterocycles. The third kappa shape index (κ3) is 4.77. The van der Waals surface area contributed by atoms with E-state index in [1.54, 1.807) is 0 Å². The molecular formula is C10H16FNO2. The summed E-state index contributed by atoms with van der Waals surface area (Å²) in [5.74, 6) is -0.202. The van der Waals surface area contributed by atoms with Crippen LogP contribution >= 0.6 is 0 Å². The fourth-order valence-electron chi connectivity index (χ4n) is 0.866. The van der Waals surface area contributed by atoms with E-state index in [9.17, 15) is 9.18 Å². The van der Waals surface area contributed by atoms with Crippen molar-refractivity contribution in [3.05, 3.63) is 23.7 Å². The lowest BCUT2D eigenvalue weighted by Crippen LogP contribution is -2.16. The molecule has 0 saturated carbocycles. The van der Waals surface area contributed by atoms with Gasteiger partial charge in [0.2, 0.25) is 0 Å². The summed E-state index contributed by atoms with van der Waals surface area (Å²) in [6.07, 6.45) is 3.47. The first-order chi connectivity index (χ1) is 6.72. The predicted octanol–water partition coefficient (Wildman–Crippen LogP) is 2.05. The molecule has 0 fully saturated rings. The van der Waals surface area contributed by atoms with Crippen molar-refractivity contribution in [3.63, 3.8) is 0 Å². The van der Waals surface area contributed by atoms with Crippen LogP contribution in [0.25, 0.3) is 0 Å². The van der Waals surface area contributed by atoms with Crippen LogP contribution < -0.4 is 5.73 Å². The summed E-state index contributed by atoms with van der Waals surface area (Å²) in [4.78, 5) is 10.7. The monoisotopic (exact) mass is 201 g/mol. The maximum Gasteiger partial charge on any atom is 0.324 e. The van der Waals surface area contributed by atoms with Crippen LogP contribution in [0.2, 0.25) is 0 Å². The van der Waals surface area contributed by atoms with Crippen molar-refractivity contribution >= 4 is 5.97 Å². The summed E-state index contributed by atoms with van der Waals surface area (Å²) in [5.41, 5.74) is 5.03. The van der Waals surface area contributed by atoms with E-state index >= 15 is 0 Å². The Balaban J connectivity index is 0.000000791. The van der Waals surface area contributed by atoms with Crippen molar-refractivity contribution in [2.75, 3.05) is 6.54 Å². The van der Waals surface area contributed by atoms with Crippen LogP contribution in [-0.2, 0) is 9.53 Å². The molecular weight excluding hydrogens is 185 g/mol. The number of hydrogen-bond donors (Lipinski definition) is 1. The van der Waals surface area contributed by atoms with Crippen LogP contribution in [0.15, 0.2) is 23.7 Å². The van der Waals surface area contributed by atoms with Gasteiger partial charge in [-0.25, -0.2) is 4.39 Å². The maximum absolute atomic E-state index is 12.4. The van der Waals surface area contributed by atoms with Crippen LogP contribution in [0, 0.1) is 0 Å². The average molecular weight is 201 g/mol. The Labute approximate surface area is 83.4 Å². The molecule has 1 rings (SSSR count). The number of nitrogens with two attached hydrogens (primary N) is 1. The van der Waals surface area contributed by atoms with Gasteiger partial charge in [-0.15, -0.1) is 0 Å². The maximum atomic E-state index is 12.4. The van der Waals surface area contributed by atoms with Crippen molar-refractivity contribution in [3.8, 4) is 0 Å². The van der Waals surface area contributed by atoms with Gasteiger partial charge in [-0.1, -0.05) is 13.8 Å². The summed E-state index contributed by atoms with van der Waals surface area (Å²) in [6.45, 7) is 3.85. The molecule has 0 unspecified atom stereocenters. The van der Waals surface area contributed by atoms with Gasteiger partial charge in [0.1, 0.15) is 11.6 Å². The van der Waals surface area contributed by atoms with Gasteiger partial charge in [0.05, 0.1) is 6.54 Å². The fourth-order valence-corrected chi connectivity index (χ4v) is 0.866. The zero-order valence-electron chi connectivity index (χ0n) is 8.55. The van der Waals surface area contributed by atoms with E-state index in [-0.39, 0.29) is 12.4 Å². The molecule has 0 bridgehead atoms. The van der Waals surface area contributed by atoms with E-state index in [4.69, 9.17) is 10.5 Å². The second-order valence-corrected chi connectivity index (χ2v) is 2.42. The van der Waals surface area contributed by atoms with Gasteiger partial charge in [0, 0.05) is 12.8 Å². The Morgan fingerprint density at radius 3 is 2.57 bits per heavy atom. The molecule has 80 valence electrons. The lowest BCUT2D eigenvalue weighted by atomic mass is 10.1. The third-order valence-corrected chi connectivity index (χ3v) is 1.47. The molecule has 4 heteroatoms. The zero-order chi connectivity index (χ0) is 11.0. The molecule has 0 aromatic rings. The Kier molecular flexibility index (Phi) is 6.66. The normalized spacial score (nSPS) is 14.6. The number of ether oxygens (including phenoxy) is 1. The van der Waals surface area contributed by atoms with Gasteiger partial charge in [0.25, 0.3) is 0 Å². The molecule has 14 heavy (non-hydrogen) atoms. The molecule has 1 aliphatic carbocycles. The van der Waals surface area contributed by atoms with E-state index in [0.717, 1.165) is 0 Å². The van der Waals surface area contributed by atoms with E-state index in [0.29, 0.717) is 18.6 Å². The van der Waals surface area contributed by atoms with Crippen molar-refractivity contribution in [1.82, 2.24) is 0 Å². The highest BCUT2D eigenvalue weighted by Crippen LogP contribution is 2.19. The van der Waals surface area contributed by atoms with E-state index in [1.807, 2.05) is 13.8 Å². The molecule has 0 amide bonds. The van der Waals surface area contributed by atoms with E-state index < -0.39 is 5.97 Å². The van der Waals surface area contributed by atoms with Crippen molar-refractivity contribution in [2.24, 2.45) is 5.73 Å². The first kappa shape index (κ1) is 12.8. The summed E-state index contributed by atoms with van der Waals surface area (Å²) in [5, 5.41) is 0. The highest BCUT2D eigenvalue weighted by Gasteiger charge is 2.09. The van der Waals surface area contributed by atoms with Crippen LogP contribution in [0.4, 0.5) is 4.39 Å². The SMILES string of the molecule is CC.NCC(=O)OC1=CC=C(F)CC1. The molecule has 2 N–H and O–H groups in total. The van der Waals surface area contributed by atoms with Gasteiger partial charge in [0.15, 0.2) is 0 Å². The standard InChI is InChI=1S/C8H10FNO2.C2H6/c9-6-1-3-7(4-2-6)12-8(11)5-10;1-2/h1,3H,2,4-5,10H2;1-2H3. The Hall–Kier alpha value is -1.16. The number of hydrogen-bond acceptors (Lipinski definition) is 3. The molecule has 0 atom stereocenters. The van der Waals surface area contributed by atoms with Crippen LogP contribution in [0.1, 0.15) is 26.7 Å². The Bertz CT molecular complexity index is 247. The highest BCUT2D eigenvalue weighted by molar-refractivity contribution is 5.72. The predicted molar refractivity (Wildman–Crippen MR) is 53.0 cm³/mol. The van der Waals surface area contributed by atoms with Gasteiger partial charge in [-0.05, 0) is 12.2 Å². The van der Waals surface area contributed by atoms with Crippen molar-refractivity contribution < 1.29 is 13.9 Å². The molecule has 3 nitrogen and oxygen atoms in total. The number of allylic oxidation sites excluding steroid dienone is 4. The van der Waals surface area contributed by atoms with E-state index in [2.05, 4.69) is 0 Å². The van der Waals surface area contributed by atoms with Gasteiger partial charge in [-0.2, -0.15) is 0 Å². The van der Waals surface area contributed by atoms with Gasteiger partial charge < -0.3 is 10.5 Å². The summed E-state index contributed by atoms with van der Waals surface area (Å²) < 4.78 is 17.2. The third-order valence-electron chi connectivity index (χ3n) is 1.47. The molecule has 0 radical (unpaired) electrons. The minimum Gasteiger partial charge on any atom is -0.430 e. The average Bonchev–Trinajstić information content (AvgIpc) is 2.24. The summed E-state index contributed by atoms with van der Waals surface area (Å²) in [6, 6.07) is 0. The summed E-state index contributed by atoms with van der Waals surface area (Å²) >= 11 is 0.